The maximum Gasteiger partial charge on any atom is 0.306 e. The van der Waals surface area contributed by atoms with E-state index in [2.05, 4.69) is 0 Å². The number of nitrogens with zero attached hydrogens (tertiary/aromatic N) is 1. The average Bonchev–Trinajstić information content (AvgIpc) is 2.81. The van der Waals surface area contributed by atoms with Gasteiger partial charge >= 0.3 is 5.97 Å². The van der Waals surface area contributed by atoms with Crippen LogP contribution >= 0.6 is 22.9 Å². The molecule has 0 unspecified atom stereocenters. The van der Waals surface area contributed by atoms with E-state index >= 15 is 0 Å². The highest BCUT2D eigenvalue weighted by Gasteiger charge is 2.25. The van der Waals surface area contributed by atoms with Crippen LogP contribution in [-0.2, 0) is 20.7 Å². The molecule has 0 radical (unpaired) electrons. The van der Waals surface area contributed by atoms with E-state index in [1.54, 1.807) is 16.2 Å². The number of carboxylic acid groups (broad SMARTS) is 1. The molecule has 1 aromatic rings. The minimum absolute atomic E-state index is 0.0354. The number of thiophene rings is 1. The van der Waals surface area contributed by atoms with E-state index in [1.165, 1.54) is 0 Å². The van der Waals surface area contributed by atoms with Crippen molar-refractivity contribution < 1.29 is 19.4 Å². The quantitative estimate of drug-likeness (QED) is 0.902. The summed E-state index contributed by atoms with van der Waals surface area (Å²) in [5.74, 6) is -0.870. The lowest BCUT2D eigenvalue weighted by Crippen LogP contribution is -2.46. The third-order valence-electron chi connectivity index (χ3n) is 3.10. The average molecular weight is 318 g/mol. The lowest BCUT2D eigenvalue weighted by molar-refractivity contribution is -0.147. The summed E-state index contributed by atoms with van der Waals surface area (Å²) in [6.45, 7) is 1.28. The zero-order chi connectivity index (χ0) is 14.5. The topological polar surface area (TPSA) is 66.8 Å². The molecule has 5 nitrogen and oxygen atoms in total. The maximum absolute atomic E-state index is 12.1. The molecule has 0 spiro atoms. The fourth-order valence-corrected chi connectivity index (χ4v) is 3.21. The first-order valence-corrected chi connectivity index (χ1v) is 7.64. The monoisotopic (exact) mass is 317 g/mol. The van der Waals surface area contributed by atoms with E-state index in [0.717, 1.165) is 4.88 Å². The molecular formula is C13H16ClNO4S. The molecule has 110 valence electrons. The van der Waals surface area contributed by atoms with Crippen LogP contribution in [0.4, 0.5) is 0 Å². The van der Waals surface area contributed by atoms with Gasteiger partial charge in [0.15, 0.2) is 0 Å². The predicted octanol–water partition coefficient (Wildman–Crippen LogP) is 2.04. The number of amides is 1. The molecule has 1 aliphatic rings. The van der Waals surface area contributed by atoms with Gasteiger partial charge < -0.3 is 14.7 Å². The second kappa shape index (κ2) is 7.06. The zero-order valence-electron chi connectivity index (χ0n) is 10.9. The minimum atomic E-state index is -0.905. The normalized spacial score (nSPS) is 19.1. The Morgan fingerprint density at radius 3 is 3.00 bits per heavy atom. The highest BCUT2D eigenvalue weighted by Crippen LogP contribution is 2.21. The Bertz CT molecular complexity index is 490. The third kappa shape index (κ3) is 4.47. The number of carbonyl (C=O) groups excluding carboxylic acids is 1. The fraction of sp³-hybridized carbons (Fsp3) is 0.538. The number of carbonyl (C=O) groups is 2. The maximum atomic E-state index is 12.1. The van der Waals surface area contributed by atoms with Gasteiger partial charge in [-0.3, -0.25) is 9.59 Å². The zero-order valence-corrected chi connectivity index (χ0v) is 12.5. The van der Waals surface area contributed by atoms with Gasteiger partial charge in [-0.15, -0.1) is 11.3 Å². The van der Waals surface area contributed by atoms with E-state index in [4.69, 9.17) is 21.4 Å². The summed E-state index contributed by atoms with van der Waals surface area (Å²) < 4.78 is 5.35. The van der Waals surface area contributed by atoms with E-state index in [-0.39, 0.29) is 12.3 Å². The molecule has 0 saturated carbocycles. The molecule has 0 aromatic carbocycles. The molecule has 1 amide bonds. The Labute approximate surface area is 126 Å². The largest absolute Gasteiger partial charge is 0.481 e. The van der Waals surface area contributed by atoms with Crippen molar-refractivity contribution >= 4 is 34.8 Å². The minimum Gasteiger partial charge on any atom is -0.481 e. The molecular weight excluding hydrogens is 302 g/mol. The van der Waals surface area contributed by atoms with E-state index in [0.29, 0.717) is 37.6 Å². The summed E-state index contributed by atoms with van der Waals surface area (Å²) in [5.41, 5.74) is 0. The van der Waals surface area contributed by atoms with Crippen molar-refractivity contribution in [1.82, 2.24) is 4.90 Å². The number of halogens is 1. The number of aliphatic carboxylic acids is 1. The molecule has 2 heterocycles. The van der Waals surface area contributed by atoms with Gasteiger partial charge in [-0.2, -0.15) is 0 Å². The van der Waals surface area contributed by atoms with Crippen molar-refractivity contribution in [1.29, 1.82) is 0 Å². The van der Waals surface area contributed by atoms with Crippen molar-refractivity contribution in [2.45, 2.75) is 25.4 Å². The predicted molar refractivity (Wildman–Crippen MR) is 76.2 cm³/mol. The standard InChI is InChI=1S/C13H16ClNO4S/c14-9-5-11(20-8-9)1-2-12(16)15-3-4-19-10(7-15)6-13(17)18/h5,8,10H,1-4,6-7H2,(H,17,18)/t10-/m0/s1. The van der Waals surface area contributed by atoms with Crippen molar-refractivity contribution in [2.24, 2.45) is 0 Å². The van der Waals surface area contributed by atoms with Crippen molar-refractivity contribution in [2.75, 3.05) is 19.7 Å². The molecule has 0 aliphatic carbocycles. The first-order valence-electron chi connectivity index (χ1n) is 6.38. The van der Waals surface area contributed by atoms with Gasteiger partial charge in [0.05, 0.1) is 24.2 Å². The second-order valence-corrected chi connectivity index (χ2v) is 6.09. The lowest BCUT2D eigenvalue weighted by Gasteiger charge is -2.32. The van der Waals surface area contributed by atoms with Crippen LogP contribution in [0, 0.1) is 0 Å². The number of hydrogen-bond acceptors (Lipinski definition) is 4. The van der Waals surface area contributed by atoms with Crippen LogP contribution in [0.1, 0.15) is 17.7 Å². The van der Waals surface area contributed by atoms with Crippen LogP contribution in [0.2, 0.25) is 5.02 Å². The van der Waals surface area contributed by atoms with Gasteiger partial charge in [0.1, 0.15) is 0 Å². The summed E-state index contributed by atoms with van der Waals surface area (Å²) in [6.07, 6.45) is 0.611. The Morgan fingerprint density at radius 2 is 2.35 bits per heavy atom. The molecule has 0 bridgehead atoms. The number of hydrogen-bond donors (Lipinski definition) is 1. The molecule has 7 heteroatoms. The summed E-state index contributed by atoms with van der Waals surface area (Å²) in [7, 11) is 0. The highest BCUT2D eigenvalue weighted by atomic mass is 35.5. The summed E-state index contributed by atoms with van der Waals surface area (Å²) in [5, 5.41) is 11.3. The number of ether oxygens (including phenoxy) is 1. The van der Waals surface area contributed by atoms with Gasteiger partial charge in [-0.05, 0) is 12.5 Å². The molecule has 1 saturated heterocycles. The molecule has 1 aromatic heterocycles. The van der Waals surface area contributed by atoms with Crippen LogP contribution in [0.3, 0.4) is 0 Å². The third-order valence-corrected chi connectivity index (χ3v) is 4.44. The van der Waals surface area contributed by atoms with Crippen molar-refractivity contribution in [3.8, 4) is 0 Å². The Balaban J connectivity index is 1.81. The van der Waals surface area contributed by atoms with Crippen molar-refractivity contribution in [3.63, 3.8) is 0 Å². The lowest BCUT2D eigenvalue weighted by atomic mass is 10.2. The Kier molecular flexibility index (Phi) is 5.39. The van der Waals surface area contributed by atoms with Crippen molar-refractivity contribution in [3.05, 3.63) is 21.3 Å². The van der Waals surface area contributed by atoms with Crippen LogP contribution in [0.5, 0.6) is 0 Å². The highest BCUT2D eigenvalue weighted by molar-refractivity contribution is 7.10. The smallest absolute Gasteiger partial charge is 0.306 e. The molecule has 20 heavy (non-hydrogen) atoms. The second-order valence-electron chi connectivity index (χ2n) is 4.66. The number of morpholine rings is 1. The molecule has 1 N–H and O–H groups in total. The van der Waals surface area contributed by atoms with Gasteiger partial charge in [0, 0.05) is 29.8 Å². The fourth-order valence-electron chi connectivity index (χ4n) is 2.14. The summed E-state index contributed by atoms with van der Waals surface area (Å²) in [6, 6.07) is 1.87. The summed E-state index contributed by atoms with van der Waals surface area (Å²) >= 11 is 7.38. The van der Waals surface area contributed by atoms with Gasteiger partial charge in [0.25, 0.3) is 0 Å². The van der Waals surface area contributed by atoms with Crippen LogP contribution in [-0.4, -0.2) is 47.7 Å². The molecule has 1 aliphatic heterocycles. The first kappa shape index (κ1) is 15.3. The van der Waals surface area contributed by atoms with Crippen LogP contribution in [0.15, 0.2) is 11.4 Å². The first-order chi connectivity index (χ1) is 9.54. The van der Waals surface area contributed by atoms with E-state index < -0.39 is 12.1 Å². The number of rotatable bonds is 5. The van der Waals surface area contributed by atoms with Crippen LogP contribution < -0.4 is 0 Å². The van der Waals surface area contributed by atoms with E-state index in [1.807, 2.05) is 11.4 Å². The number of aryl methyl sites for hydroxylation is 1. The number of carboxylic acids is 1. The SMILES string of the molecule is O=C(O)C[C@H]1CN(C(=O)CCc2cc(Cl)cs2)CCO1. The van der Waals surface area contributed by atoms with Gasteiger partial charge in [0.2, 0.25) is 5.91 Å². The molecule has 1 atom stereocenters. The van der Waals surface area contributed by atoms with E-state index in [9.17, 15) is 9.59 Å². The van der Waals surface area contributed by atoms with Gasteiger partial charge in [-0.1, -0.05) is 11.6 Å². The molecule has 1 fully saturated rings. The Hall–Kier alpha value is -1.11. The van der Waals surface area contributed by atoms with Crippen LogP contribution in [0.25, 0.3) is 0 Å². The molecule has 2 rings (SSSR count). The van der Waals surface area contributed by atoms with Gasteiger partial charge in [-0.25, -0.2) is 0 Å². The Morgan fingerprint density at radius 1 is 1.55 bits per heavy atom. The summed E-state index contributed by atoms with van der Waals surface area (Å²) in [4.78, 5) is 25.5.